The quantitative estimate of drug-likeness (QED) is 0.728. The lowest BCUT2D eigenvalue weighted by Gasteiger charge is -2.18. The van der Waals surface area contributed by atoms with E-state index in [-0.39, 0.29) is 6.10 Å². The summed E-state index contributed by atoms with van der Waals surface area (Å²) in [5, 5.41) is 0. The van der Waals surface area contributed by atoms with Crippen molar-refractivity contribution in [3.63, 3.8) is 0 Å². The molecule has 0 aromatic heterocycles. The first-order chi connectivity index (χ1) is 7.74. The molecule has 90 valence electrons. The molecule has 0 saturated heterocycles. The number of hydrogen-bond acceptors (Lipinski definition) is 2. The van der Waals surface area contributed by atoms with Crippen molar-refractivity contribution >= 4 is 0 Å². The molecule has 0 heterocycles. The van der Waals surface area contributed by atoms with Gasteiger partial charge >= 0.3 is 0 Å². The van der Waals surface area contributed by atoms with Gasteiger partial charge in [0.15, 0.2) is 11.5 Å². The normalized spacial score (nSPS) is 10.6. The Morgan fingerprint density at radius 3 is 2.25 bits per heavy atom. The average molecular weight is 222 g/mol. The van der Waals surface area contributed by atoms with Gasteiger partial charge < -0.3 is 9.47 Å². The zero-order valence-corrected chi connectivity index (χ0v) is 10.7. The molecule has 1 aromatic carbocycles. The van der Waals surface area contributed by atoms with Gasteiger partial charge in [-0.1, -0.05) is 26.8 Å². The summed E-state index contributed by atoms with van der Waals surface area (Å²) in [5.74, 6) is 1.69. The third-order valence-electron chi connectivity index (χ3n) is 2.84. The van der Waals surface area contributed by atoms with E-state index in [9.17, 15) is 0 Å². The van der Waals surface area contributed by atoms with Gasteiger partial charge in [-0.05, 0) is 37.0 Å². The SMILES string of the molecule is CCc1ccc(OC)c(OC(CC)CC)c1. The zero-order chi connectivity index (χ0) is 12.0. The van der Waals surface area contributed by atoms with Crippen LogP contribution in [0.1, 0.15) is 39.2 Å². The molecule has 0 aliphatic carbocycles. The number of aryl methyl sites for hydroxylation is 1. The van der Waals surface area contributed by atoms with Crippen molar-refractivity contribution in [3.05, 3.63) is 23.8 Å². The molecule has 0 saturated carbocycles. The summed E-state index contributed by atoms with van der Waals surface area (Å²) < 4.78 is 11.3. The second kappa shape index (κ2) is 6.41. The molecule has 0 spiro atoms. The lowest BCUT2D eigenvalue weighted by Crippen LogP contribution is -2.14. The lowest BCUT2D eigenvalue weighted by atomic mass is 10.1. The van der Waals surface area contributed by atoms with Crippen LogP contribution < -0.4 is 9.47 Å². The monoisotopic (exact) mass is 222 g/mol. The van der Waals surface area contributed by atoms with Crippen molar-refractivity contribution in [1.29, 1.82) is 0 Å². The maximum Gasteiger partial charge on any atom is 0.161 e. The van der Waals surface area contributed by atoms with Crippen molar-refractivity contribution in [2.75, 3.05) is 7.11 Å². The molecule has 2 heteroatoms. The van der Waals surface area contributed by atoms with E-state index in [1.54, 1.807) is 7.11 Å². The van der Waals surface area contributed by atoms with E-state index in [0.29, 0.717) is 0 Å². The molecule has 2 nitrogen and oxygen atoms in total. The number of methoxy groups -OCH3 is 1. The molecule has 0 aliphatic heterocycles. The van der Waals surface area contributed by atoms with Crippen LogP contribution in [0.4, 0.5) is 0 Å². The second-order valence-corrected chi connectivity index (χ2v) is 3.90. The Kier molecular flexibility index (Phi) is 5.17. The summed E-state index contributed by atoms with van der Waals surface area (Å²) in [5.41, 5.74) is 1.28. The minimum absolute atomic E-state index is 0.279. The molecular formula is C14H22O2. The van der Waals surface area contributed by atoms with Crippen molar-refractivity contribution in [3.8, 4) is 11.5 Å². The highest BCUT2D eigenvalue weighted by atomic mass is 16.5. The molecule has 1 aromatic rings. The molecule has 0 bridgehead atoms. The minimum Gasteiger partial charge on any atom is -0.493 e. The maximum atomic E-state index is 5.95. The highest BCUT2D eigenvalue weighted by molar-refractivity contribution is 5.43. The van der Waals surface area contributed by atoms with Crippen molar-refractivity contribution in [2.24, 2.45) is 0 Å². The Labute approximate surface area is 98.6 Å². The van der Waals surface area contributed by atoms with Crippen LogP contribution >= 0.6 is 0 Å². The lowest BCUT2D eigenvalue weighted by molar-refractivity contribution is 0.185. The van der Waals surface area contributed by atoms with E-state index in [1.165, 1.54) is 5.56 Å². The van der Waals surface area contributed by atoms with Crippen molar-refractivity contribution < 1.29 is 9.47 Å². The molecule has 0 unspecified atom stereocenters. The van der Waals surface area contributed by atoms with Gasteiger partial charge in [0.05, 0.1) is 13.2 Å². The van der Waals surface area contributed by atoms with Gasteiger partial charge in [0.2, 0.25) is 0 Å². The number of rotatable bonds is 6. The first kappa shape index (κ1) is 12.9. The van der Waals surface area contributed by atoms with Crippen molar-refractivity contribution in [2.45, 2.75) is 46.1 Å². The van der Waals surface area contributed by atoms with E-state index >= 15 is 0 Å². The summed E-state index contributed by atoms with van der Waals surface area (Å²) in [7, 11) is 1.68. The largest absolute Gasteiger partial charge is 0.493 e. The molecule has 0 amide bonds. The van der Waals surface area contributed by atoms with Crippen molar-refractivity contribution in [1.82, 2.24) is 0 Å². The van der Waals surface area contributed by atoms with Crippen LogP contribution in [0.25, 0.3) is 0 Å². The van der Waals surface area contributed by atoms with Gasteiger partial charge in [-0.3, -0.25) is 0 Å². The Bertz CT molecular complexity index is 317. The van der Waals surface area contributed by atoms with E-state index in [2.05, 4.69) is 32.9 Å². The van der Waals surface area contributed by atoms with Crippen LogP contribution in [-0.4, -0.2) is 13.2 Å². The fourth-order valence-electron chi connectivity index (χ4n) is 1.67. The number of hydrogen-bond donors (Lipinski definition) is 0. The summed E-state index contributed by atoms with van der Waals surface area (Å²) >= 11 is 0. The Balaban J connectivity index is 2.90. The van der Waals surface area contributed by atoms with Crippen LogP contribution in [-0.2, 0) is 6.42 Å². The fourth-order valence-corrected chi connectivity index (χ4v) is 1.67. The Morgan fingerprint density at radius 2 is 1.75 bits per heavy atom. The Hall–Kier alpha value is -1.18. The first-order valence-corrected chi connectivity index (χ1v) is 6.08. The fraction of sp³-hybridized carbons (Fsp3) is 0.571. The molecule has 1 rings (SSSR count). The predicted molar refractivity (Wildman–Crippen MR) is 67.4 cm³/mol. The van der Waals surface area contributed by atoms with E-state index < -0.39 is 0 Å². The van der Waals surface area contributed by atoms with E-state index in [1.807, 2.05) is 6.07 Å². The van der Waals surface area contributed by atoms with Crippen LogP contribution in [0.5, 0.6) is 11.5 Å². The minimum atomic E-state index is 0.279. The second-order valence-electron chi connectivity index (χ2n) is 3.90. The van der Waals surface area contributed by atoms with E-state index in [0.717, 1.165) is 30.8 Å². The molecule has 0 aliphatic rings. The molecular weight excluding hydrogens is 200 g/mol. The van der Waals surface area contributed by atoms with Gasteiger partial charge in [0.25, 0.3) is 0 Å². The molecule has 16 heavy (non-hydrogen) atoms. The smallest absolute Gasteiger partial charge is 0.161 e. The highest BCUT2D eigenvalue weighted by Gasteiger charge is 2.10. The number of ether oxygens (including phenoxy) is 2. The van der Waals surface area contributed by atoms with Crippen LogP contribution in [0.2, 0.25) is 0 Å². The predicted octanol–water partition coefficient (Wildman–Crippen LogP) is 3.83. The van der Waals surface area contributed by atoms with E-state index in [4.69, 9.17) is 9.47 Å². The first-order valence-electron chi connectivity index (χ1n) is 6.08. The third-order valence-corrected chi connectivity index (χ3v) is 2.84. The van der Waals surface area contributed by atoms with Gasteiger partial charge in [0.1, 0.15) is 0 Å². The van der Waals surface area contributed by atoms with Gasteiger partial charge in [-0.15, -0.1) is 0 Å². The van der Waals surface area contributed by atoms with Gasteiger partial charge in [-0.25, -0.2) is 0 Å². The zero-order valence-electron chi connectivity index (χ0n) is 10.7. The summed E-state index contributed by atoms with van der Waals surface area (Å²) in [4.78, 5) is 0. The maximum absolute atomic E-state index is 5.95. The molecule has 0 fully saturated rings. The standard InChI is InChI=1S/C14H22O2/c1-5-11-8-9-13(15-4)14(10-11)16-12(6-2)7-3/h8-10,12H,5-7H2,1-4H3. The Morgan fingerprint density at radius 1 is 1.06 bits per heavy atom. The van der Waals surface area contributed by atoms with Gasteiger partial charge in [-0.2, -0.15) is 0 Å². The molecule has 0 atom stereocenters. The van der Waals surface area contributed by atoms with Crippen LogP contribution in [0.3, 0.4) is 0 Å². The van der Waals surface area contributed by atoms with Crippen LogP contribution in [0, 0.1) is 0 Å². The van der Waals surface area contributed by atoms with Gasteiger partial charge in [0, 0.05) is 0 Å². The summed E-state index contributed by atoms with van der Waals surface area (Å²) in [6.45, 7) is 6.43. The summed E-state index contributed by atoms with van der Waals surface area (Å²) in [6, 6.07) is 6.15. The third kappa shape index (κ3) is 3.16. The topological polar surface area (TPSA) is 18.5 Å². The van der Waals surface area contributed by atoms with Crippen LogP contribution in [0.15, 0.2) is 18.2 Å². The summed E-state index contributed by atoms with van der Waals surface area (Å²) in [6.07, 6.45) is 3.34. The molecule has 0 N–H and O–H groups in total. The average Bonchev–Trinajstić information content (AvgIpc) is 2.35. The highest BCUT2D eigenvalue weighted by Crippen LogP contribution is 2.30. The molecule has 0 radical (unpaired) electrons. The number of benzene rings is 1.